The van der Waals surface area contributed by atoms with Gasteiger partial charge in [0.25, 0.3) is 0 Å². The summed E-state index contributed by atoms with van der Waals surface area (Å²) in [5, 5.41) is 0.511. The molecule has 0 aliphatic heterocycles. The van der Waals surface area contributed by atoms with Crippen LogP contribution in [0, 0.1) is 6.92 Å². The van der Waals surface area contributed by atoms with E-state index in [0.29, 0.717) is 5.15 Å². The van der Waals surface area contributed by atoms with Crippen LogP contribution in [-0.2, 0) is 0 Å². The molecule has 1 aromatic rings. The van der Waals surface area contributed by atoms with Crippen molar-refractivity contribution in [1.29, 1.82) is 0 Å². The van der Waals surface area contributed by atoms with Gasteiger partial charge in [0.15, 0.2) is 0 Å². The van der Waals surface area contributed by atoms with E-state index in [1.807, 2.05) is 6.07 Å². The van der Waals surface area contributed by atoms with Crippen molar-refractivity contribution in [3.05, 3.63) is 36.0 Å². The third-order valence-electron chi connectivity index (χ3n) is 0.789. The van der Waals surface area contributed by atoms with Gasteiger partial charge >= 0.3 is 23.1 Å². The Bertz CT molecular complexity index is 155. The Balaban J connectivity index is 0. The minimum absolute atomic E-state index is 0. The Morgan fingerprint density at radius 1 is 1.40 bits per heavy atom. The smallest absolute Gasteiger partial charge is 1.00 e. The normalized spacial score (nSPS) is 7.30. The molecule has 0 aromatic carbocycles. The second-order valence-corrected chi connectivity index (χ2v) is 1.88. The number of nitrogens with zero attached hydrogens (tertiary/aromatic N) is 1. The van der Waals surface area contributed by atoms with Crippen LogP contribution in [-0.4, -0.2) is 28.0 Å². The first kappa shape index (κ1) is 13.0. The average Bonchev–Trinajstić information content (AvgIpc) is 1.77. The van der Waals surface area contributed by atoms with Crippen LogP contribution in [0.2, 0.25) is 5.15 Å². The number of hydrogen-bond donors (Lipinski definition) is 0. The van der Waals surface area contributed by atoms with Gasteiger partial charge in [-0.1, -0.05) is 23.9 Å². The first-order chi connectivity index (χ1) is 3.79. The van der Waals surface area contributed by atoms with Gasteiger partial charge < -0.3 is 17.4 Å². The zero-order valence-corrected chi connectivity index (χ0v) is 8.28. The zero-order valence-electron chi connectivity index (χ0n) is 5.35. The Morgan fingerprint density at radius 3 is 2.30 bits per heavy atom. The van der Waals surface area contributed by atoms with Crippen molar-refractivity contribution >= 4 is 34.7 Å². The molecule has 50 valence electrons. The maximum absolute atomic E-state index is 5.47. The van der Waals surface area contributed by atoms with Crippen molar-refractivity contribution in [1.82, 2.24) is 4.98 Å². The zero-order chi connectivity index (χ0) is 5.98. The van der Waals surface area contributed by atoms with Gasteiger partial charge in [-0.2, -0.15) is 18.6 Å². The Hall–Kier alpha value is 0.366. The monoisotopic (exact) mass is 185 g/mol. The Morgan fingerprint density at radius 2 is 2.00 bits per heavy atom. The van der Waals surface area contributed by atoms with Crippen molar-refractivity contribution in [2.24, 2.45) is 0 Å². The average molecular weight is 186 g/mol. The predicted octanol–water partition coefficient (Wildman–Crippen LogP) is -1.46. The molecule has 0 unspecified atom stereocenters. The Kier molecular flexibility index (Phi) is 7.93. The van der Waals surface area contributed by atoms with Crippen molar-refractivity contribution in [2.75, 3.05) is 0 Å². The van der Waals surface area contributed by atoms with Crippen LogP contribution >= 0.6 is 11.6 Å². The number of rotatable bonds is 0. The minimum atomic E-state index is 0. The standard InChI is InChI=1S/C6H5ClN.ClH.Mg/c1-5-2-3-6(7)8-4-5;;/h2-4H,1H2;1H;/q-1;;+2/p-1. The van der Waals surface area contributed by atoms with E-state index < -0.39 is 0 Å². The summed E-state index contributed by atoms with van der Waals surface area (Å²) in [7, 11) is 0. The summed E-state index contributed by atoms with van der Waals surface area (Å²) < 4.78 is 0. The first-order valence-corrected chi connectivity index (χ1v) is 2.60. The number of pyridine rings is 1. The van der Waals surface area contributed by atoms with Crippen molar-refractivity contribution in [2.45, 2.75) is 0 Å². The molecular weight excluding hydrogens is 181 g/mol. The molecule has 0 N–H and O–H groups in total. The minimum Gasteiger partial charge on any atom is -1.00 e. The van der Waals surface area contributed by atoms with Gasteiger partial charge in [-0.05, 0) is 0 Å². The summed E-state index contributed by atoms with van der Waals surface area (Å²) in [6.07, 6.45) is 1.63. The summed E-state index contributed by atoms with van der Waals surface area (Å²) in [6.45, 7) is 3.64. The third-order valence-corrected chi connectivity index (χ3v) is 1.01. The quantitative estimate of drug-likeness (QED) is 0.274. The molecule has 0 spiro atoms. The summed E-state index contributed by atoms with van der Waals surface area (Å²) in [5.74, 6) is 0. The SMILES string of the molecule is [CH2-]c1ccc(Cl)nc1.[Cl-].[Mg+2]. The number of hydrogen-bond acceptors (Lipinski definition) is 1. The molecule has 0 aliphatic rings. The summed E-state index contributed by atoms with van der Waals surface area (Å²) >= 11 is 5.47. The van der Waals surface area contributed by atoms with Gasteiger partial charge in [0.1, 0.15) is 5.15 Å². The van der Waals surface area contributed by atoms with Gasteiger partial charge in [0.05, 0.1) is 0 Å². The van der Waals surface area contributed by atoms with Crippen molar-refractivity contribution < 1.29 is 12.4 Å². The summed E-state index contributed by atoms with van der Waals surface area (Å²) in [5.41, 5.74) is 0.884. The molecule has 0 bridgehead atoms. The van der Waals surface area contributed by atoms with Gasteiger partial charge in [-0.25, -0.2) is 0 Å². The van der Waals surface area contributed by atoms with Crippen LogP contribution in [0.4, 0.5) is 0 Å². The van der Waals surface area contributed by atoms with Crippen LogP contribution in [0.1, 0.15) is 5.56 Å². The fourth-order valence-corrected chi connectivity index (χ4v) is 0.518. The van der Waals surface area contributed by atoms with Crippen LogP contribution in [0.15, 0.2) is 18.3 Å². The Labute approximate surface area is 87.7 Å². The van der Waals surface area contributed by atoms with Gasteiger partial charge in [-0.15, -0.1) is 0 Å². The van der Waals surface area contributed by atoms with E-state index >= 15 is 0 Å². The van der Waals surface area contributed by atoms with E-state index in [9.17, 15) is 0 Å². The largest absolute Gasteiger partial charge is 2.00 e. The maximum atomic E-state index is 5.47. The fourth-order valence-electron chi connectivity index (χ4n) is 0.406. The van der Waals surface area contributed by atoms with Crippen molar-refractivity contribution in [3.8, 4) is 0 Å². The second kappa shape index (κ2) is 6.10. The third kappa shape index (κ3) is 4.22. The number of halogens is 2. The van der Waals surface area contributed by atoms with E-state index in [1.54, 1.807) is 12.3 Å². The molecule has 4 heteroatoms. The molecule has 1 rings (SSSR count). The topological polar surface area (TPSA) is 12.9 Å². The van der Waals surface area contributed by atoms with Crippen LogP contribution in [0.25, 0.3) is 0 Å². The molecule has 10 heavy (non-hydrogen) atoms. The molecule has 0 fully saturated rings. The molecule has 1 heterocycles. The van der Waals surface area contributed by atoms with E-state index in [0.717, 1.165) is 5.56 Å². The molecule has 1 aromatic heterocycles. The van der Waals surface area contributed by atoms with Crippen molar-refractivity contribution in [3.63, 3.8) is 0 Å². The van der Waals surface area contributed by atoms with Gasteiger partial charge in [0, 0.05) is 0 Å². The first-order valence-electron chi connectivity index (χ1n) is 2.22. The maximum Gasteiger partial charge on any atom is 2.00 e. The van der Waals surface area contributed by atoms with E-state index in [1.165, 1.54) is 0 Å². The van der Waals surface area contributed by atoms with Crippen LogP contribution < -0.4 is 12.4 Å². The summed E-state index contributed by atoms with van der Waals surface area (Å²) in [6, 6.07) is 3.53. The second-order valence-electron chi connectivity index (χ2n) is 1.49. The van der Waals surface area contributed by atoms with Crippen LogP contribution in [0.3, 0.4) is 0 Å². The molecular formula is C6H5Cl2MgN. The molecule has 0 atom stereocenters. The van der Waals surface area contributed by atoms with E-state index in [-0.39, 0.29) is 35.5 Å². The van der Waals surface area contributed by atoms with Gasteiger partial charge in [-0.3, -0.25) is 0 Å². The van der Waals surface area contributed by atoms with E-state index in [2.05, 4.69) is 11.9 Å². The van der Waals surface area contributed by atoms with E-state index in [4.69, 9.17) is 11.6 Å². The fraction of sp³-hybridized carbons (Fsp3) is 0. The summed E-state index contributed by atoms with van der Waals surface area (Å²) in [4.78, 5) is 3.78. The molecule has 0 saturated heterocycles. The molecule has 0 amide bonds. The molecule has 0 saturated carbocycles. The predicted molar refractivity (Wildman–Crippen MR) is 39.5 cm³/mol. The van der Waals surface area contributed by atoms with Crippen LogP contribution in [0.5, 0.6) is 0 Å². The molecule has 1 nitrogen and oxygen atoms in total. The molecule has 0 aliphatic carbocycles. The van der Waals surface area contributed by atoms with Gasteiger partial charge in [0.2, 0.25) is 0 Å². The number of aromatic nitrogens is 1. The molecule has 0 radical (unpaired) electrons.